The molecule has 0 saturated heterocycles. The summed E-state index contributed by atoms with van der Waals surface area (Å²) in [6, 6.07) is 8.42. The van der Waals surface area contributed by atoms with Crippen LogP contribution in [0.2, 0.25) is 0 Å². The fraction of sp³-hybridized carbons (Fsp3) is 0.458. The van der Waals surface area contributed by atoms with E-state index in [1.165, 1.54) is 39.0 Å². The first-order valence-electron chi connectivity index (χ1n) is 10.5. The number of fused-ring (bicyclic) bond motifs is 4. The Morgan fingerprint density at radius 1 is 1.17 bits per heavy atom. The fourth-order valence-electron chi connectivity index (χ4n) is 5.10. The monoisotopic (exact) mass is 407 g/mol. The first kappa shape index (κ1) is 18.7. The van der Waals surface area contributed by atoms with Gasteiger partial charge in [0.05, 0.1) is 5.56 Å². The van der Waals surface area contributed by atoms with Crippen LogP contribution in [-0.4, -0.2) is 10.5 Å². The van der Waals surface area contributed by atoms with Gasteiger partial charge in [0.15, 0.2) is 0 Å². The zero-order chi connectivity index (χ0) is 20.5. The molecular weight excluding hydrogens is 378 g/mol. The molecule has 2 aromatic heterocycles. The van der Waals surface area contributed by atoms with Crippen molar-refractivity contribution in [2.45, 2.75) is 53.1 Å². The van der Waals surface area contributed by atoms with E-state index < -0.39 is 0 Å². The van der Waals surface area contributed by atoms with Crippen LogP contribution in [0.15, 0.2) is 24.3 Å². The smallest absolute Gasteiger partial charge is 0.256 e. The molecule has 1 aliphatic heterocycles. The molecule has 3 aromatic rings. The van der Waals surface area contributed by atoms with Crippen LogP contribution in [0.5, 0.6) is 0 Å². The summed E-state index contributed by atoms with van der Waals surface area (Å²) in [5, 5.41) is 9.17. The summed E-state index contributed by atoms with van der Waals surface area (Å²) in [6.07, 6.45) is 3.07. The molecule has 29 heavy (non-hydrogen) atoms. The summed E-state index contributed by atoms with van der Waals surface area (Å²) in [7, 11) is 2.09. The molecule has 5 rings (SSSR count). The molecule has 0 unspecified atom stereocenters. The molecule has 0 radical (unpaired) electrons. The Kier molecular flexibility index (Phi) is 4.11. The molecule has 1 aromatic carbocycles. The average Bonchev–Trinajstić information content (AvgIpc) is 3.16. The number of aryl methyl sites for hydroxylation is 1. The molecule has 0 saturated carbocycles. The van der Waals surface area contributed by atoms with Crippen LogP contribution >= 0.6 is 11.3 Å². The topological polar surface area (TPSA) is 46.1 Å². The summed E-state index contributed by atoms with van der Waals surface area (Å²) in [5.41, 5.74) is 6.03. The van der Waals surface area contributed by atoms with E-state index in [0.29, 0.717) is 11.3 Å². The highest BCUT2D eigenvalue weighted by molar-refractivity contribution is 7.16. The minimum absolute atomic E-state index is 0.0720. The quantitative estimate of drug-likeness (QED) is 0.555. The Hall–Kier alpha value is -2.27. The van der Waals surface area contributed by atoms with Crippen molar-refractivity contribution < 1.29 is 4.79 Å². The second-order valence-corrected chi connectivity index (χ2v) is 10.7. The summed E-state index contributed by atoms with van der Waals surface area (Å²) in [4.78, 5) is 14.6. The lowest BCUT2D eigenvalue weighted by atomic mass is 9.72. The van der Waals surface area contributed by atoms with Crippen molar-refractivity contribution in [2.24, 2.45) is 18.4 Å². The van der Waals surface area contributed by atoms with Crippen LogP contribution in [0, 0.1) is 18.3 Å². The number of thiophene rings is 1. The number of carbonyl (C=O) groups excluding carboxylic acids is 1. The number of rotatable bonds is 1. The van der Waals surface area contributed by atoms with E-state index in [1.807, 2.05) is 0 Å². The van der Waals surface area contributed by atoms with Gasteiger partial charge in [0.1, 0.15) is 11.2 Å². The van der Waals surface area contributed by atoms with Gasteiger partial charge in [0.25, 0.3) is 5.91 Å². The molecule has 0 fully saturated rings. The van der Waals surface area contributed by atoms with Crippen LogP contribution < -0.4 is 10.6 Å². The Balaban J connectivity index is 1.54. The third kappa shape index (κ3) is 2.82. The lowest BCUT2D eigenvalue weighted by Gasteiger charge is -2.34. The second kappa shape index (κ2) is 6.36. The van der Waals surface area contributed by atoms with Crippen molar-refractivity contribution >= 4 is 33.1 Å². The maximum atomic E-state index is 13.2. The van der Waals surface area contributed by atoms with Crippen molar-refractivity contribution in [1.29, 1.82) is 0 Å². The van der Waals surface area contributed by atoms with Crippen LogP contribution in [0.1, 0.15) is 65.4 Å². The predicted molar refractivity (Wildman–Crippen MR) is 121 cm³/mol. The highest BCUT2D eigenvalue weighted by Gasteiger charge is 2.37. The maximum Gasteiger partial charge on any atom is 0.256 e. The highest BCUT2D eigenvalue weighted by Crippen LogP contribution is 2.46. The molecule has 2 N–H and O–H groups in total. The molecule has 0 bridgehead atoms. The van der Waals surface area contributed by atoms with Gasteiger partial charge in [-0.25, -0.2) is 0 Å². The van der Waals surface area contributed by atoms with Crippen LogP contribution in [-0.2, 0) is 19.9 Å². The fourth-order valence-corrected chi connectivity index (χ4v) is 6.45. The third-order valence-corrected chi connectivity index (χ3v) is 8.19. The van der Waals surface area contributed by atoms with Crippen molar-refractivity contribution in [3.05, 3.63) is 51.5 Å². The van der Waals surface area contributed by atoms with Crippen molar-refractivity contribution in [3.63, 3.8) is 0 Å². The number of hydrogen-bond acceptors (Lipinski definition) is 3. The van der Waals surface area contributed by atoms with E-state index in [1.54, 1.807) is 11.3 Å². The number of hydrogen-bond donors (Lipinski definition) is 2. The number of nitrogens with zero attached hydrogens (tertiary/aromatic N) is 1. The molecule has 2 atom stereocenters. The van der Waals surface area contributed by atoms with Gasteiger partial charge in [-0.2, -0.15) is 0 Å². The molecule has 4 nitrogen and oxygen atoms in total. The first-order valence-corrected chi connectivity index (χ1v) is 11.3. The standard InChI is InChI=1S/C24H29N3OS/c1-13-19(15-8-6-7-9-17(15)27(13)5)21-25-22(28)20-16-11-10-14(24(2,3)4)12-18(16)29-23(20)26-21/h6-9,14,21,26H,10-12H2,1-5H3,(H,25,28)/t14-,21+/m1/s1. The van der Waals surface area contributed by atoms with Crippen LogP contribution in [0.4, 0.5) is 5.00 Å². The predicted octanol–water partition coefficient (Wildman–Crippen LogP) is 5.55. The van der Waals surface area contributed by atoms with E-state index in [4.69, 9.17) is 0 Å². The molecule has 1 aliphatic carbocycles. The number of anilines is 1. The van der Waals surface area contributed by atoms with E-state index in [-0.39, 0.29) is 12.1 Å². The van der Waals surface area contributed by atoms with E-state index in [9.17, 15) is 4.79 Å². The SMILES string of the molecule is Cc1c([C@H]2NC(=O)c3c(sc4c3CC[C@@H](C(C)(C)C)C4)N2)c2ccccc2n1C. The number of benzene rings is 1. The zero-order valence-corrected chi connectivity index (χ0v) is 18.7. The van der Waals surface area contributed by atoms with Crippen LogP contribution in [0.25, 0.3) is 10.9 Å². The molecular formula is C24H29N3OS. The minimum atomic E-state index is -0.195. The minimum Gasteiger partial charge on any atom is -0.353 e. The lowest BCUT2D eigenvalue weighted by molar-refractivity contribution is 0.0935. The van der Waals surface area contributed by atoms with Gasteiger partial charge in [-0.3, -0.25) is 4.79 Å². The number of aromatic nitrogens is 1. The summed E-state index contributed by atoms with van der Waals surface area (Å²) < 4.78 is 2.21. The van der Waals surface area contributed by atoms with Crippen molar-refractivity contribution in [1.82, 2.24) is 9.88 Å². The van der Waals surface area contributed by atoms with Gasteiger partial charge in [-0.1, -0.05) is 39.0 Å². The summed E-state index contributed by atoms with van der Waals surface area (Å²) in [5.74, 6) is 0.747. The largest absolute Gasteiger partial charge is 0.353 e. The molecule has 2 aliphatic rings. The number of nitrogens with one attached hydrogen (secondary N) is 2. The first-order chi connectivity index (χ1) is 13.8. The molecule has 5 heteroatoms. The van der Waals surface area contributed by atoms with Gasteiger partial charge < -0.3 is 15.2 Å². The lowest BCUT2D eigenvalue weighted by Crippen LogP contribution is -2.38. The normalized spacial score (nSPS) is 21.5. The number of para-hydroxylation sites is 1. The van der Waals surface area contributed by atoms with Gasteiger partial charge in [0.2, 0.25) is 0 Å². The third-order valence-electron chi connectivity index (χ3n) is 7.01. The summed E-state index contributed by atoms with van der Waals surface area (Å²) in [6.45, 7) is 9.13. The second-order valence-electron chi connectivity index (χ2n) is 9.64. The van der Waals surface area contributed by atoms with E-state index >= 15 is 0 Å². The van der Waals surface area contributed by atoms with Crippen molar-refractivity contribution in [3.8, 4) is 0 Å². The molecule has 0 spiro atoms. The maximum absolute atomic E-state index is 13.2. The van der Waals surface area contributed by atoms with E-state index in [2.05, 4.69) is 74.2 Å². The molecule has 1 amide bonds. The van der Waals surface area contributed by atoms with E-state index in [0.717, 1.165) is 23.4 Å². The average molecular weight is 408 g/mol. The van der Waals surface area contributed by atoms with Crippen molar-refractivity contribution in [2.75, 3.05) is 5.32 Å². The number of carbonyl (C=O) groups is 1. The van der Waals surface area contributed by atoms with Gasteiger partial charge in [-0.05, 0) is 49.1 Å². The molecule has 3 heterocycles. The van der Waals surface area contributed by atoms with Crippen LogP contribution in [0.3, 0.4) is 0 Å². The number of amides is 1. The van der Waals surface area contributed by atoms with Gasteiger partial charge in [0, 0.05) is 34.1 Å². The Labute approximate surface area is 176 Å². The van der Waals surface area contributed by atoms with Gasteiger partial charge >= 0.3 is 0 Å². The summed E-state index contributed by atoms with van der Waals surface area (Å²) >= 11 is 1.80. The highest BCUT2D eigenvalue weighted by atomic mass is 32.1. The Morgan fingerprint density at radius 3 is 2.69 bits per heavy atom. The van der Waals surface area contributed by atoms with Gasteiger partial charge in [-0.15, -0.1) is 11.3 Å². The Bertz CT molecular complexity index is 1130. The molecule has 152 valence electrons. The zero-order valence-electron chi connectivity index (χ0n) is 17.8. The Morgan fingerprint density at radius 2 is 1.93 bits per heavy atom.